The van der Waals surface area contributed by atoms with E-state index in [0.717, 1.165) is 60.6 Å². The molecule has 0 saturated carbocycles. The molecule has 4 aromatic rings. The molecule has 2 aliphatic rings. The molecule has 31 heavy (non-hydrogen) atoms. The van der Waals surface area contributed by atoms with Crippen LogP contribution in [0.1, 0.15) is 11.4 Å². The summed E-state index contributed by atoms with van der Waals surface area (Å²) in [7, 11) is 2.20. The average molecular weight is 416 g/mol. The van der Waals surface area contributed by atoms with Crippen molar-refractivity contribution in [1.82, 2.24) is 28.9 Å². The number of anilines is 1. The molecule has 2 saturated heterocycles. The summed E-state index contributed by atoms with van der Waals surface area (Å²) in [6.07, 6.45) is 3.81. The molecule has 4 aromatic heterocycles. The van der Waals surface area contributed by atoms with Crippen molar-refractivity contribution < 1.29 is 0 Å². The Labute approximate surface area is 179 Å². The molecule has 1 unspecified atom stereocenters. The monoisotopic (exact) mass is 415 g/mol. The summed E-state index contributed by atoms with van der Waals surface area (Å²) in [5.41, 5.74) is 5.61. The maximum Gasteiger partial charge on any atom is 0.258 e. The molecular formula is C23H25N7O. The molecule has 2 fully saturated rings. The number of likely N-dealkylation sites (tertiary alicyclic amines) is 1. The van der Waals surface area contributed by atoms with Gasteiger partial charge in [-0.15, -0.1) is 0 Å². The molecule has 0 aromatic carbocycles. The van der Waals surface area contributed by atoms with Gasteiger partial charge in [0.05, 0.1) is 34.5 Å². The van der Waals surface area contributed by atoms with Gasteiger partial charge < -0.3 is 9.80 Å². The minimum Gasteiger partial charge on any atom is -0.370 e. The van der Waals surface area contributed by atoms with Gasteiger partial charge in [-0.3, -0.25) is 14.2 Å². The lowest BCUT2D eigenvalue weighted by molar-refractivity contribution is 0.387. The van der Waals surface area contributed by atoms with Gasteiger partial charge in [-0.2, -0.15) is 5.10 Å². The fraction of sp³-hybridized carbons (Fsp3) is 0.391. The summed E-state index contributed by atoms with van der Waals surface area (Å²) in [6.45, 7) is 8.32. The highest BCUT2D eigenvalue weighted by Crippen LogP contribution is 2.33. The molecule has 8 nitrogen and oxygen atoms in total. The molecule has 0 aliphatic carbocycles. The van der Waals surface area contributed by atoms with Gasteiger partial charge in [-0.1, -0.05) is 0 Å². The molecular weight excluding hydrogens is 390 g/mol. The smallest absolute Gasteiger partial charge is 0.258 e. The lowest BCUT2D eigenvalue weighted by atomic mass is 10.0. The Morgan fingerprint density at radius 1 is 0.935 bits per heavy atom. The van der Waals surface area contributed by atoms with Crippen LogP contribution in [0.2, 0.25) is 0 Å². The number of rotatable bonds is 2. The van der Waals surface area contributed by atoms with Crippen LogP contribution in [0, 0.1) is 25.7 Å². The molecule has 0 radical (unpaired) electrons. The SMILES string of the molecule is Cc1cn2nc(-c3cc(=O)n4cc(N5CC6CN(C)C[C@H]6C5)ccc4n3)cc2c(C)n1. The zero-order chi connectivity index (χ0) is 21.3. The zero-order valence-electron chi connectivity index (χ0n) is 18.0. The highest BCUT2D eigenvalue weighted by atomic mass is 16.1. The van der Waals surface area contributed by atoms with Crippen LogP contribution in [0.25, 0.3) is 22.6 Å². The maximum absolute atomic E-state index is 13.0. The van der Waals surface area contributed by atoms with Crippen LogP contribution in [-0.4, -0.2) is 62.1 Å². The summed E-state index contributed by atoms with van der Waals surface area (Å²) < 4.78 is 3.45. The first kappa shape index (κ1) is 18.5. The summed E-state index contributed by atoms with van der Waals surface area (Å²) in [5, 5.41) is 4.63. The van der Waals surface area contributed by atoms with Crippen molar-refractivity contribution in [3.63, 3.8) is 0 Å². The predicted octanol–water partition coefficient (Wildman–Crippen LogP) is 2.02. The number of hydrogen-bond acceptors (Lipinski definition) is 6. The molecule has 0 N–H and O–H groups in total. The summed E-state index contributed by atoms with van der Waals surface area (Å²) in [6, 6.07) is 7.53. The van der Waals surface area contributed by atoms with Gasteiger partial charge >= 0.3 is 0 Å². The molecule has 0 amide bonds. The van der Waals surface area contributed by atoms with Crippen molar-refractivity contribution in [2.24, 2.45) is 11.8 Å². The number of pyridine rings is 1. The lowest BCUT2D eigenvalue weighted by Crippen LogP contribution is -2.27. The van der Waals surface area contributed by atoms with E-state index in [0.29, 0.717) is 17.0 Å². The normalized spacial score (nSPS) is 21.5. The Hall–Kier alpha value is -3.26. The summed E-state index contributed by atoms with van der Waals surface area (Å²) in [4.78, 5) is 27.0. The minimum atomic E-state index is -0.0935. The highest BCUT2D eigenvalue weighted by molar-refractivity contribution is 5.66. The quantitative estimate of drug-likeness (QED) is 0.499. The molecule has 8 heteroatoms. The predicted molar refractivity (Wildman–Crippen MR) is 120 cm³/mol. The van der Waals surface area contributed by atoms with E-state index in [-0.39, 0.29) is 5.56 Å². The van der Waals surface area contributed by atoms with Crippen LogP contribution >= 0.6 is 0 Å². The summed E-state index contributed by atoms with van der Waals surface area (Å²) >= 11 is 0. The van der Waals surface area contributed by atoms with E-state index in [2.05, 4.69) is 33.0 Å². The van der Waals surface area contributed by atoms with Crippen molar-refractivity contribution in [2.75, 3.05) is 38.1 Å². The molecule has 6 rings (SSSR count). The van der Waals surface area contributed by atoms with Crippen LogP contribution in [0.15, 0.2) is 41.5 Å². The van der Waals surface area contributed by atoms with Crippen LogP contribution in [0.5, 0.6) is 0 Å². The topological polar surface area (TPSA) is 71.0 Å². The van der Waals surface area contributed by atoms with Gasteiger partial charge in [0.1, 0.15) is 11.3 Å². The second-order valence-corrected chi connectivity index (χ2v) is 9.07. The summed E-state index contributed by atoms with van der Waals surface area (Å²) in [5.74, 6) is 1.43. The number of fused-ring (bicyclic) bond motifs is 3. The molecule has 2 aliphatic heterocycles. The van der Waals surface area contributed by atoms with Gasteiger partial charge in [0.2, 0.25) is 0 Å². The van der Waals surface area contributed by atoms with Crippen LogP contribution in [-0.2, 0) is 0 Å². The van der Waals surface area contributed by atoms with Crippen LogP contribution in [0.3, 0.4) is 0 Å². The van der Waals surface area contributed by atoms with Gasteiger partial charge in [0.25, 0.3) is 5.56 Å². The van der Waals surface area contributed by atoms with Gasteiger partial charge in [-0.05, 0) is 50.9 Å². The molecule has 0 spiro atoms. The van der Waals surface area contributed by atoms with Gasteiger partial charge in [-0.25, -0.2) is 9.50 Å². The fourth-order valence-corrected chi connectivity index (χ4v) is 5.26. The van der Waals surface area contributed by atoms with E-state index >= 15 is 0 Å². The molecule has 6 heterocycles. The minimum absolute atomic E-state index is 0.0935. The average Bonchev–Trinajstić information content (AvgIpc) is 3.40. The van der Waals surface area contributed by atoms with Crippen molar-refractivity contribution in [3.8, 4) is 11.4 Å². The molecule has 2 atom stereocenters. The molecule has 0 bridgehead atoms. The Kier molecular flexibility index (Phi) is 3.95. The first-order valence-electron chi connectivity index (χ1n) is 10.8. The fourth-order valence-electron chi connectivity index (χ4n) is 5.26. The largest absolute Gasteiger partial charge is 0.370 e. The second kappa shape index (κ2) is 6.62. The van der Waals surface area contributed by atoms with Gasteiger partial charge in [0, 0.05) is 38.4 Å². The Morgan fingerprint density at radius 3 is 2.48 bits per heavy atom. The number of aromatic nitrogens is 5. The number of nitrogens with zero attached hydrogens (tertiary/aromatic N) is 7. The van der Waals surface area contributed by atoms with Crippen LogP contribution < -0.4 is 10.5 Å². The number of hydrogen-bond donors (Lipinski definition) is 0. The van der Waals surface area contributed by atoms with Crippen molar-refractivity contribution in [1.29, 1.82) is 0 Å². The van der Waals surface area contributed by atoms with E-state index in [1.165, 1.54) is 0 Å². The Morgan fingerprint density at radius 2 is 1.71 bits per heavy atom. The van der Waals surface area contributed by atoms with Crippen molar-refractivity contribution >= 4 is 16.9 Å². The van der Waals surface area contributed by atoms with Crippen LogP contribution in [0.4, 0.5) is 5.69 Å². The second-order valence-electron chi connectivity index (χ2n) is 9.07. The number of aryl methyl sites for hydroxylation is 2. The molecule has 158 valence electrons. The maximum atomic E-state index is 13.0. The van der Waals surface area contributed by atoms with Crippen molar-refractivity contribution in [3.05, 3.63) is 58.4 Å². The lowest BCUT2D eigenvalue weighted by Gasteiger charge is -2.21. The van der Waals surface area contributed by atoms with E-state index < -0.39 is 0 Å². The van der Waals surface area contributed by atoms with E-state index in [9.17, 15) is 4.79 Å². The highest BCUT2D eigenvalue weighted by Gasteiger charge is 2.38. The third-order valence-corrected chi connectivity index (χ3v) is 6.70. The zero-order valence-corrected chi connectivity index (χ0v) is 18.0. The van der Waals surface area contributed by atoms with Crippen molar-refractivity contribution in [2.45, 2.75) is 13.8 Å². The van der Waals surface area contributed by atoms with E-state index in [4.69, 9.17) is 4.98 Å². The first-order valence-corrected chi connectivity index (χ1v) is 10.8. The third-order valence-electron chi connectivity index (χ3n) is 6.70. The Balaban J connectivity index is 1.37. The Bertz CT molecular complexity index is 1370. The first-order chi connectivity index (χ1) is 14.9. The standard InChI is InChI=1S/C23H25N7O/c1-14-8-30-21(15(2)24-14)6-20(26-30)19-7-23(31)29-13-18(4-5-22(29)25-19)28-11-16-9-27(3)10-17(16)12-28/h4-8,13,16-17H,9-12H2,1-3H3/t16-,17?/m0/s1. The van der Waals surface area contributed by atoms with E-state index in [1.54, 1.807) is 15.0 Å². The third kappa shape index (κ3) is 3.01. The van der Waals surface area contributed by atoms with E-state index in [1.807, 2.05) is 38.4 Å². The van der Waals surface area contributed by atoms with Gasteiger partial charge in [0.15, 0.2) is 0 Å².